The zero-order chi connectivity index (χ0) is 37.6. The second-order valence-electron chi connectivity index (χ2n) is 14.6. The van der Waals surface area contributed by atoms with Gasteiger partial charge < -0.3 is 34.2 Å². The third-order valence-corrected chi connectivity index (χ3v) is 10.9. The zero-order valence-corrected chi connectivity index (χ0v) is 31.3. The number of fused-ring (bicyclic) bond motifs is 2. The molecular formula is C44H47N7O4. The maximum atomic E-state index is 13.3. The average molecular weight is 738 g/mol. The van der Waals surface area contributed by atoms with Gasteiger partial charge in [0.25, 0.3) is 0 Å². The number of ether oxygens (including phenoxy) is 3. The van der Waals surface area contributed by atoms with Crippen molar-refractivity contribution in [3.8, 4) is 17.8 Å². The molecule has 55 heavy (non-hydrogen) atoms. The number of hydrogen-bond donors (Lipinski definition) is 1. The van der Waals surface area contributed by atoms with Crippen LogP contribution in [-0.2, 0) is 30.9 Å². The van der Waals surface area contributed by atoms with Crippen molar-refractivity contribution in [1.82, 2.24) is 20.2 Å². The van der Waals surface area contributed by atoms with E-state index in [1.165, 1.54) is 0 Å². The molecule has 11 heteroatoms. The second-order valence-corrected chi connectivity index (χ2v) is 14.6. The Labute approximate surface area is 322 Å². The summed E-state index contributed by atoms with van der Waals surface area (Å²) in [4.78, 5) is 29.8. The Morgan fingerprint density at radius 1 is 0.927 bits per heavy atom. The highest BCUT2D eigenvalue weighted by Gasteiger charge is 2.35. The molecule has 0 radical (unpaired) electrons. The molecular weight excluding hydrogens is 691 g/mol. The third-order valence-electron chi connectivity index (χ3n) is 10.9. The highest BCUT2D eigenvalue weighted by Crippen LogP contribution is 2.37. The van der Waals surface area contributed by atoms with Crippen molar-refractivity contribution < 1.29 is 19.0 Å². The number of piperazine rings is 1. The number of amides is 1. The first-order valence-corrected chi connectivity index (χ1v) is 19.4. The monoisotopic (exact) mass is 737 g/mol. The first-order chi connectivity index (χ1) is 27.0. The van der Waals surface area contributed by atoms with Gasteiger partial charge >= 0.3 is 12.1 Å². The van der Waals surface area contributed by atoms with Crippen LogP contribution in [-0.4, -0.2) is 71.9 Å². The molecule has 0 bridgehead atoms. The van der Waals surface area contributed by atoms with Gasteiger partial charge in [-0.25, -0.2) is 4.79 Å². The topological polar surface area (TPSA) is 116 Å². The summed E-state index contributed by atoms with van der Waals surface area (Å²) in [6.07, 6.45) is 2.54. The standard InChI is InChI=1S/C44H47N7O4/c1-31(39-17-10-21-46-39)55-43-47-40-28-49(41-26-36(25-34-15-8-9-16-37(34)41)53-29-32-11-4-2-5-12-32)22-19-38(40)42(48-43)50-23-24-51(35(27-50)18-20-45)44(52)54-30-33-13-6-3-7-14-33/h2-9,11-16,25-26,31,35,39,46H,10,17-19,21-24,27-30H2,1H3/t31?,35-,39+/m0/s1. The minimum Gasteiger partial charge on any atom is -0.489 e. The molecule has 3 aliphatic rings. The van der Waals surface area contributed by atoms with Crippen LogP contribution in [0.3, 0.4) is 0 Å². The predicted molar refractivity (Wildman–Crippen MR) is 212 cm³/mol. The first-order valence-electron chi connectivity index (χ1n) is 19.4. The van der Waals surface area contributed by atoms with Crippen LogP contribution in [0.4, 0.5) is 16.3 Å². The molecule has 2 saturated heterocycles. The van der Waals surface area contributed by atoms with E-state index in [9.17, 15) is 10.1 Å². The molecule has 0 spiro atoms. The SMILES string of the molecule is CC(Oc1nc2c(c(N3CCN(C(=O)OCc4ccccc4)[C@@H](CC#N)C3)n1)CCN(c1cc(OCc3ccccc3)cc3ccccc13)C2)[C@H]1CCCN1. The highest BCUT2D eigenvalue weighted by molar-refractivity contribution is 5.96. The van der Waals surface area contributed by atoms with Gasteiger partial charge in [0.2, 0.25) is 0 Å². The van der Waals surface area contributed by atoms with Gasteiger partial charge in [0.05, 0.1) is 30.8 Å². The number of hydrogen-bond acceptors (Lipinski definition) is 10. The molecule has 1 unspecified atom stereocenters. The van der Waals surface area contributed by atoms with Crippen LogP contribution >= 0.6 is 0 Å². The predicted octanol–water partition coefficient (Wildman–Crippen LogP) is 7.03. The summed E-state index contributed by atoms with van der Waals surface area (Å²) in [6, 6.07) is 35.1. The fourth-order valence-electron chi connectivity index (χ4n) is 7.99. The Morgan fingerprint density at radius 3 is 2.45 bits per heavy atom. The van der Waals surface area contributed by atoms with Gasteiger partial charge in [0.15, 0.2) is 0 Å². The summed E-state index contributed by atoms with van der Waals surface area (Å²) in [6.45, 7) is 6.44. The van der Waals surface area contributed by atoms with E-state index in [0.29, 0.717) is 38.8 Å². The lowest BCUT2D eigenvalue weighted by molar-refractivity contribution is 0.0767. The quantitative estimate of drug-likeness (QED) is 0.152. The lowest BCUT2D eigenvalue weighted by atomic mass is 10.0. The average Bonchev–Trinajstić information content (AvgIpc) is 3.78. The molecule has 3 aliphatic heterocycles. The minimum absolute atomic E-state index is 0.113. The van der Waals surface area contributed by atoms with E-state index in [-0.39, 0.29) is 31.2 Å². The normalized spacial score (nSPS) is 18.7. The van der Waals surface area contributed by atoms with E-state index in [1.807, 2.05) is 48.5 Å². The third kappa shape index (κ3) is 8.30. The Balaban J connectivity index is 1.07. The number of carbonyl (C=O) groups excluding carboxylic acids is 1. The van der Waals surface area contributed by atoms with E-state index in [0.717, 1.165) is 82.8 Å². The fraction of sp³-hybridized carbons (Fsp3) is 0.364. The van der Waals surface area contributed by atoms with E-state index < -0.39 is 6.09 Å². The van der Waals surface area contributed by atoms with E-state index >= 15 is 0 Å². The van der Waals surface area contributed by atoms with Gasteiger partial charge in [-0.05, 0) is 55.3 Å². The van der Waals surface area contributed by atoms with Crippen LogP contribution in [0.5, 0.6) is 11.8 Å². The van der Waals surface area contributed by atoms with Crippen molar-refractivity contribution in [3.05, 3.63) is 119 Å². The van der Waals surface area contributed by atoms with Gasteiger partial charge in [-0.15, -0.1) is 0 Å². The number of rotatable bonds is 11. The molecule has 5 aromatic rings. The number of nitriles is 1. The summed E-state index contributed by atoms with van der Waals surface area (Å²) >= 11 is 0. The van der Waals surface area contributed by atoms with Crippen LogP contribution in [0.2, 0.25) is 0 Å². The molecule has 4 heterocycles. The van der Waals surface area contributed by atoms with Gasteiger partial charge in [-0.1, -0.05) is 84.9 Å². The number of benzene rings is 4. The maximum Gasteiger partial charge on any atom is 0.410 e. The van der Waals surface area contributed by atoms with Crippen molar-refractivity contribution in [1.29, 1.82) is 5.26 Å². The Bertz CT molecular complexity index is 2140. The number of nitrogens with one attached hydrogen (secondary N) is 1. The maximum absolute atomic E-state index is 13.3. The van der Waals surface area contributed by atoms with Crippen LogP contribution in [0.15, 0.2) is 97.1 Å². The molecule has 3 atom stereocenters. The molecule has 2 fully saturated rings. The molecule has 0 aliphatic carbocycles. The molecule has 282 valence electrons. The van der Waals surface area contributed by atoms with Crippen LogP contribution in [0.25, 0.3) is 10.8 Å². The van der Waals surface area contributed by atoms with Crippen molar-refractivity contribution in [2.75, 3.05) is 42.5 Å². The largest absolute Gasteiger partial charge is 0.489 e. The Kier molecular flexibility index (Phi) is 10.9. The summed E-state index contributed by atoms with van der Waals surface area (Å²) in [5.74, 6) is 1.63. The first kappa shape index (κ1) is 36.1. The summed E-state index contributed by atoms with van der Waals surface area (Å²) in [5.41, 5.74) is 5.12. The number of carbonyl (C=O) groups is 1. The van der Waals surface area contributed by atoms with Gasteiger partial charge in [-0.2, -0.15) is 15.2 Å². The van der Waals surface area contributed by atoms with E-state index in [2.05, 4.69) is 76.6 Å². The molecule has 4 aromatic carbocycles. The summed E-state index contributed by atoms with van der Waals surface area (Å²) < 4.78 is 18.6. The van der Waals surface area contributed by atoms with Crippen LogP contribution in [0.1, 0.15) is 48.6 Å². The smallest absolute Gasteiger partial charge is 0.410 e. The molecule has 11 nitrogen and oxygen atoms in total. The highest BCUT2D eigenvalue weighted by atomic mass is 16.6. The Morgan fingerprint density at radius 2 is 1.69 bits per heavy atom. The molecule has 1 amide bonds. The lowest BCUT2D eigenvalue weighted by Gasteiger charge is -2.42. The van der Waals surface area contributed by atoms with E-state index in [4.69, 9.17) is 24.2 Å². The lowest BCUT2D eigenvalue weighted by Crippen LogP contribution is -2.55. The molecule has 8 rings (SSSR count). The van der Waals surface area contributed by atoms with Gasteiger partial charge in [-0.3, -0.25) is 0 Å². The van der Waals surface area contributed by atoms with Gasteiger partial charge in [0.1, 0.15) is 30.9 Å². The van der Waals surface area contributed by atoms with Crippen molar-refractivity contribution in [3.63, 3.8) is 0 Å². The van der Waals surface area contributed by atoms with Crippen molar-refractivity contribution >= 4 is 28.4 Å². The molecule has 0 saturated carbocycles. The van der Waals surface area contributed by atoms with E-state index in [1.54, 1.807) is 4.90 Å². The van der Waals surface area contributed by atoms with Gasteiger partial charge in [0, 0.05) is 54.9 Å². The fourth-order valence-corrected chi connectivity index (χ4v) is 7.99. The second kappa shape index (κ2) is 16.7. The number of nitrogens with zero attached hydrogens (tertiary/aromatic N) is 6. The van der Waals surface area contributed by atoms with Crippen LogP contribution < -0.4 is 24.6 Å². The van der Waals surface area contributed by atoms with Crippen molar-refractivity contribution in [2.24, 2.45) is 0 Å². The summed E-state index contributed by atoms with van der Waals surface area (Å²) in [5, 5.41) is 15.7. The van der Waals surface area contributed by atoms with Crippen LogP contribution in [0, 0.1) is 11.3 Å². The summed E-state index contributed by atoms with van der Waals surface area (Å²) in [7, 11) is 0. The minimum atomic E-state index is -0.409. The Hall–Kier alpha value is -5.86. The number of anilines is 2. The molecule has 1 N–H and O–H groups in total. The molecule has 1 aromatic heterocycles. The van der Waals surface area contributed by atoms with Crippen molar-refractivity contribution in [2.45, 2.75) is 70.6 Å². The zero-order valence-electron chi connectivity index (χ0n) is 31.3. The number of aromatic nitrogens is 2.